The van der Waals surface area contributed by atoms with Crippen LogP contribution in [0.1, 0.15) is 52.0 Å². The SMILES string of the molecule is CCOC1(C(N)Cc2ccc(I)cc2)CCC(C)(C)CC1. The molecule has 1 aliphatic carbocycles. The largest absolute Gasteiger partial charge is 0.374 e. The van der Waals surface area contributed by atoms with Crippen LogP contribution in [0, 0.1) is 8.99 Å². The van der Waals surface area contributed by atoms with Crippen molar-refractivity contribution in [1.82, 2.24) is 0 Å². The van der Waals surface area contributed by atoms with Gasteiger partial charge in [-0.25, -0.2) is 0 Å². The van der Waals surface area contributed by atoms with Gasteiger partial charge in [-0.3, -0.25) is 0 Å². The molecule has 118 valence electrons. The van der Waals surface area contributed by atoms with Gasteiger partial charge in [-0.2, -0.15) is 0 Å². The molecule has 0 aliphatic heterocycles. The third kappa shape index (κ3) is 4.42. The van der Waals surface area contributed by atoms with Crippen LogP contribution in [-0.2, 0) is 11.2 Å². The van der Waals surface area contributed by atoms with Crippen LogP contribution in [0.5, 0.6) is 0 Å². The molecule has 2 rings (SSSR count). The molecule has 0 amide bonds. The van der Waals surface area contributed by atoms with Crippen LogP contribution >= 0.6 is 22.6 Å². The Bertz CT molecular complexity index is 445. The molecule has 3 heteroatoms. The Morgan fingerprint density at radius 2 is 1.71 bits per heavy atom. The van der Waals surface area contributed by atoms with Gasteiger partial charge in [0.15, 0.2) is 0 Å². The molecule has 21 heavy (non-hydrogen) atoms. The predicted molar refractivity (Wildman–Crippen MR) is 97.4 cm³/mol. The minimum atomic E-state index is -0.132. The average Bonchev–Trinajstić information content (AvgIpc) is 2.44. The van der Waals surface area contributed by atoms with Crippen LogP contribution < -0.4 is 5.73 Å². The third-order valence-corrected chi connectivity index (χ3v) is 5.65. The van der Waals surface area contributed by atoms with Crippen molar-refractivity contribution in [2.24, 2.45) is 11.1 Å². The minimum Gasteiger partial charge on any atom is -0.374 e. The lowest BCUT2D eigenvalue weighted by Crippen LogP contribution is -2.54. The van der Waals surface area contributed by atoms with Crippen molar-refractivity contribution >= 4 is 22.6 Å². The van der Waals surface area contributed by atoms with E-state index in [1.165, 1.54) is 22.0 Å². The maximum atomic E-state index is 6.60. The second-order valence-electron chi connectivity index (χ2n) is 7.10. The number of nitrogens with two attached hydrogens (primary N) is 1. The van der Waals surface area contributed by atoms with E-state index in [0.717, 1.165) is 25.9 Å². The zero-order chi connectivity index (χ0) is 15.5. The first-order valence-corrected chi connectivity index (χ1v) is 9.09. The Labute approximate surface area is 143 Å². The summed E-state index contributed by atoms with van der Waals surface area (Å²) in [7, 11) is 0. The topological polar surface area (TPSA) is 35.2 Å². The summed E-state index contributed by atoms with van der Waals surface area (Å²) in [4.78, 5) is 0. The molecule has 2 N–H and O–H groups in total. The van der Waals surface area contributed by atoms with E-state index in [0.29, 0.717) is 5.41 Å². The molecule has 1 saturated carbocycles. The quantitative estimate of drug-likeness (QED) is 0.736. The van der Waals surface area contributed by atoms with Crippen LogP contribution in [0.2, 0.25) is 0 Å². The van der Waals surface area contributed by atoms with Crippen molar-refractivity contribution in [3.8, 4) is 0 Å². The highest BCUT2D eigenvalue weighted by Crippen LogP contribution is 2.43. The highest BCUT2D eigenvalue weighted by atomic mass is 127. The standard InChI is InChI=1S/C18H28INO/c1-4-21-18(11-9-17(2,3)10-12-18)16(20)13-14-5-7-15(19)8-6-14/h5-8,16H,4,9-13,20H2,1-3H3. The molecule has 0 spiro atoms. The Balaban J connectivity index is 2.08. The van der Waals surface area contributed by atoms with Crippen molar-refractivity contribution in [1.29, 1.82) is 0 Å². The predicted octanol–water partition coefficient (Wildman–Crippen LogP) is 4.54. The maximum absolute atomic E-state index is 6.60. The molecule has 1 unspecified atom stereocenters. The Kier molecular flexibility index (Phi) is 5.71. The lowest BCUT2D eigenvalue weighted by atomic mass is 9.68. The molecule has 0 saturated heterocycles. The van der Waals surface area contributed by atoms with Crippen molar-refractivity contribution in [2.75, 3.05) is 6.61 Å². The van der Waals surface area contributed by atoms with Gasteiger partial charge < -0.3 is 10.5 Å². The van der Waals surface area contributed by atoms with E-state index in [-0.39, 0.29) is 11.6 Å². The molecule has 1 aromatic rings. The smallest absolute Gasteiger partial charge is 0.0836 e. The van der Waals surface area contributed by atoms with Crippen LogP contribution in [-0.4, -0.2) is 18.2 Å². The number of hydrogen-bond acceptors (Lipinski definition) is 2. The fourth-order valence-corrected chi connectivity index (χ4v) is 3.68. The van der Waals surface area contributed by atoms with Crippen LogP contribution in [0.15, 0.2) is 24.3 Å². The summed E-state index contributed by atoms with van der Waals surface area (Å²) in [6.45, 7) is 7.54. The fraction of sp³-hybridized carbons (Fsp3) is 0.667. The van der Waals surface area contributed by atoms with Crippen LogP contribution in [0.4, 0.5) is 0 Å². The molecule has 1 aliphatic rings. The summed E-state index contributed by atoms with van der Waals surface area (Å²) in [5.41, 5.74) is 8.22. The molecule has 1 fully saturated rings. The highest BCUT2D eigenvalue weighted by Gasteiger charge is 2.43. The van der Waals surface area contributed by atoms with E-state index in [9.17, 15) is 0 Å². The second kappa shape index (κ2) is 6.97. The summed E-state index contributed by atoms with van der Waals surface area (Å²) in [5, 5.41) is 0. The maximum Gasteiger partial charge on any atom is 0.0836 e. The van der Waals surface area contributed by atoms with Crippen molar-refractivity contribution in [3.63, 3.8) is 0 Å². The summed E-state index contributed by atoms with van der Waals surface area (Å²) in [5.74, 6) is 0. The van der Waals surface area contributed by atoms with Crippen molar-refractivity contribution < 1.29 is 4.74 Å². The van der Waals surface area contributed by atoms with E-state index >= 15 is 0 Å². The lowest BCUT2D eigenvalue weighted by Gasteiger charge is -2.46. The van der Waals surface area contributed by atoms with Gasteiger partial charge in [-0.1, -0.05) is 26.0 Å². The van der Waals surface area contributed by atoms with Gasteiger partial charge in [0.1, 0.15) is 0 Å². The number of halogens is 1. The molecule has 0 aromatic heterocycles. The molecular formula is C18H28INO. The monoisotopic (exact) mass is 401 g/mol. The molecule has 1 atom stereocenters. The zero-order valence-corrected chi connectivity index (χ0v) is 15.7. The zero-order valence-electron chi connectivity index (χ0n) is 13.5. The highest BCUT2D eigenvalue weighted by molar-refractivity contribution is 14.1. The Morgan fingerprint density at radius 1 is 1.14 bits per heavy atom. The van der Waals surface area contributed by atoms with Crippen molar-refractivity contribution in [2.45, 2.75) is 64.5 Å². The van der Waals surface area contributed by atoms with Gasteiger partial charge in [-0.15, -0.1) is 0 Å². The normalized spacial score (nSPS) is 22.0. The summed E-state index contributed by atoms with van der Waals surface area (Å²) in [6, 6.07) is 8.76. The van der Waals surface area contributed by atoms with Gasteiger partial charge in [0.05, 0.1) is 5.60 Å². The number of benzene rings is 1. The Morgan fingerprint density at radius 3 is 2.24 bits per heavy atom. The van der Waals surface area contributed by atoms with Gasteiger partial charge in [0.25, 0.3) is 0 Å². The van der Waals surface area contributed by atoms with Gasteiger partial charge >= 0.3 is 0 Å². The first kappa shape index (κ1) is 17.2. The second-order valence-corrected chi connectivity index (χ2v) is 8.34. The molecule has 0 radical (unpaired) electrons. The van der Waals surface area contributed by atoms with E-state index in [2.05, 4.69) is 67.6 Å². The van der Waals surface area contributed by atoms with Crippen LogP contribution in [0.25, 0.3) is 0 Å². The van der Waals surface area contributed by atoms with Gasteiger partial charge in [0, 0.05) is 16.2 Å². The first-order chi connectivity index (χ1) is 9.87. The van der Waals surface area contributed by atoms with E-state index in [4.69, 9.17) is 10.5 Å². The average molecular weight is 401 g/mol. The molecular weight excluding hydrogens is 373 g/mol. The molecule has 2 nitrogen and oxygen atoms in total. The fourth-order valence-electron chi connectivity index (χ4n) is 3.32. The summed E-state index contributed by atoms with van der Waals surface area (Å²) in [6.07, 6.45) is 5.47. The Hall–Kier alpha value is -0.130. The van der Waals surface area contributed by atoms with E-state index in [1.54, 1.807) is 0 Å². The molecule has 0 bridgehead atoms. The number of rotatable bonds is 5. The molecule has 1 aromatic carbocycles. The summed E-state index contributed by atoms with van der Waals surface area (Å²) < 4.78 is 7.46. The van der Waals surface area contributed by atoms with Gasteiger partial charge in [0.2, 0.25) is 0 Å². The van der Waals surface area contributed by atoms with Crippen molar-refractivity contribution in [3.05, 3.63) is 33.4 Å². The van der Waals surface area contributed by atoms with Crippen LogP contribution in [0.3, 0.4) is 0 Å². The van der Waals surface area contributed by atoms with E-state index < -0.39 is 0 Å². The summed E-state index contributed by atoms with van der Waals surface area (Å²) >= 11 is 2.34. The number of hydrogen-bond donors (Lipinski definition) is 1. The molecule has 0 heterocycles. The first-order valence-electron chi connectivity index (χ1n) is 8.01. The van der Waals surface area contributed by atoms with E-state index in [1.807, 2.05) is 0 Å². The number of ether oxygens (including phenoxy) is 1. The minimum absolute atomic E-state index is 0.0774. The third-order valence-electron chi connectivity index (χ3n) is 4.93. The lowest BCUT2D eigenvalue weighted by molar-refractivity contribution is -0.0987. The van der Waals surface area contributed by atoms with Gasteiger partial charge in [-0.05, 0) is 84.7 Å².